The molecule has 2 aliphatic heterocycles. The van der Waals surface area contributed by atoms with Gasteiger partial charge in [-0.15, -0.1) is 0 Å². The number of carboxylic acid groups (broad SMARTS) is 1. The van der Waals surface area contributed by atoms with Crippen molar-refractivity contribution in [1.82, 2.24) is 24.6 Å². The number of carboxylic acids is 1. The molecule has 2 aliphatic rings. The molecule has 0 amide bonds. The van der Waals surface area contributed by atoms with E-state index >= 15 is 0 Å². The summed E-state index contributed by atoms with van der Waals surface area (Å²) in [5.41, 5.74) is 4.31. The lowest BCUT2D eigenvalue weighted by molar-refractivity contribution is -0.188. The number of aliphatic carboxylic acids is 1. The monoisotopic (exact) mass is 567 g/mol. The van der Waals surface area contributed by atoms with Crippen LogP contribution in [0.15, 0.2) is 65.6 Å². The Bertz CT molecular complexity index is 1560. The van der Waals surface area contributed by atoms with Crippen molar-refractivity contribution in [2.24, 2.45) is 5.92 Å². The summed E-state index contributed by atoms with van der Waals surface area (Å²) in [6.07, 6.45) is 8.17. The SMILES string of the molecule is C[C@H](OC1CCCCO1)c1nccn1Cc1cc(-c2ccc(C#Cc3ccc(CN4CC(C(=O)O)C4)nc3)cc2)on1. The molecular formula is C32H33N5O5. The molecule has 0 aliphatic carbocycles. The first kappa shape index (κ1) is 27.8. The van der Waals surface area contributed by atoms with Crippen LogP contribution in [-0.4, -0.2) is 61.7 Å². The van der Waals surface area contributed by atoms with Gasteiger partial charge >= 0.3 is 5.97 Å². The Hall–Kier alpha value is -4.30. The number of rotatable bonds is 9. The number of benzene rings is 1. The number of aromatic nitrogens is 4. The molecule has 3 aromatic heterocycles. The van der Waals surface area contributed by atoms with E-state index in [1.807, 2.05) is 60.2 Å². The highest BCUT2D eigenvalue weighted by atomic mass is 16.7. The van der Waals surface area contributed by atoms with Crippen LogP contribution in [0.4, 0.5) is 0 Å². The lowest BCUT2D eigenvalue weighted by atomic mass is 10.0. The van der Waals surface area contributed by atoms with Crippen molar-refractivity contribution in [2.75, 3.05) is 19.7 Å². The largest absolute Gasteiger partial charge is 0.481 e. The van der Waals surface area contributed by atoms with Crippen LogP contribution in [0.3, 0.4) is 0 Å². The summed E-state index contributed by atoms with van der Waals surface area (Å²) in [4.78, 5) is 22.0. The van der Waals surface area contributed by atoms with Gasteiger partial charge in [-0.2, -0.15) is 0 Å². The van der Waals surface area contributed by atoms with E-state index in [-0.39, 0.29) is 18.3 Å². The van der Waals surface area contributed by atoms with E-state index in [1.165, 1.54) is 0 Å². The summed E-state index contributed by atoms with van der Waals surface area (Å²) in [5.74, 6) is 6.84. The third kappa shape index (κ3) is 6.77. The number of pyridine rings is 1. The van der Waals surface area contributed by atoms with Gasteiger partial charge < -0.3 is 23.7 Å². The number of imidazole rings is 1. The first-order valence-corrected chi connectivity index (χ1v) is 14.3. The zero-order valence-electron chi connectivity index (χ0n) is 23.5. The van der Waals surface area contributed by atoms with Crippen LogP contribution in [0.2, 0.25) is 0 Å². The van der Waals surface area contributed by atoms with Crippen LogP contribution in [0.1, 0.15) is 60.6 Å². The number of ether oxygens (including phenoxy) is 2. The molecule has 1 unspecified atom stereocenters. The first-order valence-electron chi connectivity index (χ1n) is 14.3. The summed E-state index contributed by atoms with van der Waals surface area (Å²) < 4.78 is 19.5. The molecule has 0 radical (unpaired) electrons. The zero-order chi connectivity index (χ0) is 28.9. The summed E-state index contributed by atoms with van der Waals surface area (Å²) in [6.45, 7) is 5.05. The van der Waals surface area contributed by atoms with Crippen molar-refractivity contribution in [3.63, 3.8) is 0 Å². The van der Waals surface area contributed by atoms with Crippen molar-refractivity contribution in [2.45, 2.75) is 51.7 Å². The predicted molar refractivity (Wildman–Crippen MR) is 153 cm³/mol. The minimum absolute atomic E-state index is 0.181. The van der Waals surface area contributed by atoms with E-state index in [4.69, 9.17) is 19.1 Å². The summed E-state index contributed by atoms with van der Waals surface area (Å²) in [6, 6.07) is 13.7. The first-order chi connectivity index (χ1) is 20.5. The molecule has 2 fully saturated rings. The van der Waals surface area contributed by atoms with Crippen molar-refractivity contribution in [3.8, 4) is 23.2 Å². The van der Waals surface area contributed by atoms with Crippen LogP contribution >= 0.6 is 0 Å². The van der Waals surface area contributed by atoms with Crippen LogP contribution in [0.25, 0.3) is 11.3 Å². The van der Waals surface area contributed by atoms with Crippen molar-refractivity contribution in [3.05, 3.63) is 89.4 Å². The molecule has 0 bridgehead atoms. The van der Waals surface area contributed by atoms with E-state index in [1.54, 1.807) is 12.4 Å². The maximum atomic E-state index is 11.0. The average molecular weight is 568 g/mol. The smallest absolute Gasteiger partial charge is 0.309 e. The molecule has 1 N–H and O–H groups in total. The Morgan fingerprint density at radius 1 is 1.07 bits per heavy atom. The highest BCUT2D eigenvalue weighted by Gasteiger charge is 2.32. The molecule has 42 heavy (non-hydrogen) atoms. The Labute approximate surface area is 244 Å². The molecule has 2 atom stereocenters. The molecule has 6 rings (SSSR count). The molecule has 0 saturated carbocycles. The standard InChI is InChI=1S/C32H33N5O5/c1-22(41-30-4-2-3-15-40-30)31-33-13-14-37(31)21-28-16-29(42-35-28)25-10-7-23(8-11-25)5-6-24-9-12-27(34-17-24)20-36-18-26(19-36)32(38)39/h7-14,16-17,22,26,30H,2-4,15,18-21H2,1H3,(H,38,39)/t22-,30?/m0/s1. The maximum Gasteiger partial charge on any atom is 0.309 e. The quantitative estimate of drug-likeness (QED) is 0.292. The van der Waals surface area contributed by atoms with Gasteiger partial charge in [-0.25, -0.2) is 4.98 Å². The van der Waals surface area contributed by atoms with E-state index < -0.39 is 5.97 Å². The van der Waals surface area contributed by atoms with Gasteiger partial charge in [-0.1, -0.05) is 17.0 Å². The topological polar surface area (TPSA) is 116 Å². The summed E-state index contributed by atoms with van der Waals surface area (Å²) in [7, 11) is 0. The second-order valence-electron chi connectivity index (χ2n) is 10.8. The van der Waals surface area contributed by atoms with Crippen molar-refractivity contribution in [1.29, 1.82) is 0 Å². The fourth-order valence-electron chi connectivity index (χ4n) is 5.16. The van der Waals surface area contributed by atoms with Crippen LogP contribution < -0.4 is 0 Å². The average Bonchev–Trinajstić information content (AvgIpc) is 3.65. The minimum atomic E-state index is -0.732. The number of hydrogen-bond donors (Lipinski definition) is 1. The number of carbonyl (C=O) groups is 1. The predicted octanol–water partition coefficient (Wildman–Crippen LogP) is 4.50. The number of nitrogens with zero attached hydrogens (tertiary/aromatic N) is 5. The lowest BCUT2D eigenvalue weighted by Crippen LogP contribution is -2.49. The van der Waals surface area contributed by atoms with Crippen LogP contribution in [0.5, 0.6) is 0 Å². The van der Waals surface area contributed by atoms with E-state index in [2.05, 4.69) is 31.9 Å². The second kappa shape index (κ2) is 12.7. The lowest BCUT2D eigenvalue weighted by Gasteiger charge is -2.36. The van der Waals surface area contributed by atoms with Gasteiger partial charge in [0.2, 0.25) is 0 Å². The normalized spacial score (nSPS) is 18.2. The second-order valence-corrected chi connectivity index (χ2v) is 10.8. The minimum Gasteiger partial charge on any atom is -0.481 e. The molecule has 2 saturated heterocycles. The fourth-order valence-corrected chi connectivity index (χ4v) is 5.16. The highest BCUT2D eigenvalue weighted by Crippen LogP contribution is 2.25. The molecule has 5 heterocycles. The van der Waals surface area contributed by atoms with E-state index in [9.17, 15) is 4.79 Å². The maximum absolute atomic E-state index is 11.0. The molecular weight excluding hydrogens is 534 g/mol. The summed E-state index contributed by atoms with van der Waals surface area (Å²) in [5, 5.41) is 13.3. The van der Waals surface area contributed by atoms with Crippen molar-refractivity contribution >= 4 is 5.97 Å². The fraction of sp³-hybridized carbons (Fsp3) is 0.375. The van der Waals surface area contributed by atoms with Gasteiger partial charge in [0.25, 0.3) is 0 Å². The van der Waals surface area contributed by atoms with Gasteiger partial charge in [-0.3, -0.25) is 14.7 Å². The van der Waals surface area contributed by atoms with Crippen LogP contribution in [0, 0.1) is 17.8 Å². The van der Waals surface area contributed by atoms with Gasteiger partial charge in [0.15, 0.2) is 12.1 Å². The van der Waals surface area contributed by atoms with Crippen LogP contribution in [-0.2, 0) is 27.4 Å². The Morgan fingerprint density at radius 2 is 1.88 bits per heavy atom. The Balaban J connectivity index is 1.03. The molecule has 10 nitrogen and oxygen atoms in total. The number of likely N-dealkylation sites (tertiary alicyclic amines) is 1. The Kier molecular flexibility index (Phi) is 8.42. The molecule has 4 aromatic rings. The molecule has 10 heteroatoms. The highest BCUT2D eigenvalue weighted by molar-refractivity contribution is 5.71. The zero-order valence-corrected chi connectivity index (χ0v) is 23.5. The third-order valence-electron chi connectivity index (χ3n) is 7.53. The molecule has 0 spiro atoms. The Morgan fingerprint density at radius 3 is 2.62 bits per heavy atom. The summed E-state index contributed by atoms with van der Waals surface area (Å²) >= 11 is 0. The van der Waals surface area contributed by atoms with Crippen molar-refractivity contribution < 1.29 is 23.9 Å². The number of hydrogen-bond acceptors (Lipinski definition) is 8. The van der Waals surface area contributed by atoms with Gasteiger partial charge in [-0.05, 0) is 62.6 Å². The van der Waals surface area contributed by atoms with E-state index in [0.29, 0.717) is 31.9 Å². The molecule has 1 aromatic carbocycles. The third-order valence-corrected chi connectivity index (χ3v) is 7.53. The van der Waals surface area contributed by atoms with Gasteiger partial charge in [0, 0.05) is 67.6 Å². The van der Waals surface area contributed by atoms with Gasteiger partial charge in [0.05, 0.1) is 18.2 Å². The molecule has 216 valence electrons. The van der Waals surface area contributed by atoms with Gasteiger partial charge in [0.1, 0.15) is 17.6 Å². The van der Waals surface area contributed by atoms with E-state index in [0.717, 1.165) is 59.8 Å².